The number of hydrogen-bond acceptors (Lipinski definition) is 2. The Kier molecular flexibility index (Phi) is 4.79. The van der Waals surface area contributed by atoms with Crippen LogP contribution in [0.3, 0.4) is 0 Å². The molecule has 20 heavy (non-hydrogen) atoms. The third kappa shape index (κ3) is 3.39. The topological polar surface area (TPSA) is 32.3 Å². The van der Waals surface area contributed by atoms with Crippen molar-refractivity contribution in [3.63, 3.8) is 0 Å². The molecule has 4 heteroatoms. The summed E-state index contributed by atoms with van der Waals surface area (Å²) in [5, 5.41) is 3.04. The summed E-state index contributed by atoms with van der Waals surface area (Å²) in [6.07, 6.45) is 0. The number of nitrogens with one attached hydrogen (secondary N) is 1. The monoisotopic (exact) mass is 332 g/mol. The molecule has 0 unspecified atom stereocenters. The van der Waals surface area contributed by atoms with Crippen LogP contribution in [0.25, 0.3) is 0 Å². The highest BCUT2D eigenvalue weighted by Gasteiger charge is 2.12. The lowest BCUT2D eigenvalue weighted by Gasteiger charge is -2.18. The summed E-state index contributed by atoms with van der Waals surface area (Å²) in [5.74, 6) is 0.0170. The summed E-state index contributed by atoms with van der Waals surface area (Å²) in [6.45, 7) is 0.577. The molecule has 0 aliphatic carbocycles. The largest absolute Gasteiger partial charge is 0.388 e. The average Bonchev–Trinajstić information content (AvgIpc) is 2.49. The zero-order valence-corrected chi connectivity index (χ0v) is 13.1. The van der Waals surface area contributed by atoms with E-state index >= 15 is 0 Å². The molecule has 0 saturated carbocycles. The average molecular weight is 333 g/mol. The second-order valence-electron chi connectivity index (χ2n) is 4.58. The van der Waals surface area contributed by atoms with E-state index < -0.39 is 0 Å². The van der Waals surface area contributed by atoms with Gasteiger partial charge in [-0.15, -0.1) is 0 Å². The van der Waals surface area contributed by atoms with Crippen molar-refractivity contribution < 1.29 is 4.79 Å². The molecule has 104 valence electrons. The zero-order valence-electron chi connectivity index (χ0n) is 11.6. The summed E-state index contributed by atoms with van der Waals surface area (Å²) < 4.78 is 1.02. The van der Waals surface area contributed by atoms with Crippen molar-refractivity contribution in [3.8, 4) is 0 Å². The molecule has 0 fully saturated rings. The van der Waals surface area contributed by atoms with Crippen LogP contribution < -0.4 is 5.32 Å². The molecule has 0 spiro atoms. The molecule has 0 aromatic heterocycles. The van der Waals surface area contributed by atoms with E-state index in [1.807, 2.05) is 62.6 Å². The molecule has 0 aliphatic heterocycles. The lowest BCUT2D eigenvalue weighted by Crippen LogP contribution is -2.26. The molecular formula is C16H17BrN2O. The van der Waals surface area contributed by atoms with Gasteiger partial charge in [-0.1, -0.05) is 34.1 Å². The Hall–Kier alpha value is -1.81. The standard InChI is InChI=1S/C16H17BrN2O/c1-18-14-9-7-12(8-10-14)16(20)19(2)11-13-5-3-4-6-15(13)17/h3-10,18H,11H2,1-2H3. The van der Waals surface area contributed by atoms with Gasteiger partial charge >= 0.3 is 0 Å². The molecule has 1 N–H and O–H groups in total. The molecule has 2 aromatic carbocycles. The van der Waals surface area contributed by atoms with E-state index in [9.17, 15) is 4.79 Å². The number of benzene rings is 2. The predicted molar refractivity (Wildman–Crippen MR) is 85.9 cm³/mol. The van der Waals surface area contributed by atoms with Crippen LogP contribution in [0.15, 0.2) is 53.0 Å². The maximum Gasteiger partial charge on any atom is 0.253 e. The fraction of sp³-hybridized carbons (Fsp3) is 0.188. The molecule has 0 radical (unpaired) electrons. The second-order valence-corrected chi connectivity index (χ2v) is 5.43. The molecule has 0 heterocycles. The molecule has 0 aliphatic rings. The molecule has 3 nitrogen and oxygen atoms in total. The quantitative estimate of drug-likeness (QED) is 0.924. The molecule has 0 atom stereocenters. The van der Waals surface area contributed by atoms with Crippen LogP contribution in [-0.2, 0) is 6.54 Å². The van der Waals surface area contributed by atoms with E-state index in [-0.39, 0.29) is 5.91 Å². The van der Waals surface area contributed by atoms with Gasteiger partial charge in [0.05, 0.1) is 0 Å². The van der Waals surface area contributed by atoms with E-state index in [1.54, 1.807) is 4.90 Å². The van der Waals surface area contributed by atoms with E-state index in [1.165, 1.54) is 0 Å². The zero-order chi connectivity index (χ0) is 14.5. The molecule has 2 aromatic rings. The summed E-state index contributed by atoms with van der Waals surface area (Å²) in [5.41, 5.74) is 2.78. The van der Waals surface area contributed by atoms with Gasteiger partial charge in [0.1, 0.15) is 0 Å². The summed E-state index contributed by atoms with van der Waals surface area (Å²) >= 11 is 3.50. The van der Waals surface area contributed by atoms with Gasteiger partial charge in [-0.3, -0.25) is 4.79 Å². The first-order valence-corrected chi connectivity index (χ1v) is 7.18. The number of carbonyl (C=O) groups is 1. The SMILES string of the molecule is CNc1ccc(C(=O)N(C)Cc2ccccc2Br)cc1. The van der Waals surface area contributed by atoms with Crippen molar-refractivity contribution in [1.82, 2.24) is 4.90 Å². The summed E-state index contributed by atoms with van der Waals surface area (Å²) in [6, 6.07) is 15.4. The fourth-order valence-corrected chi connectivity index (χ4v) is 2.36. The lowest BCUT2D eigenvalue weighted by molar-refractivity contribution is 0.0785. The lowest BCUT2D eigenvalue weighted by atomic mass is 10.1. The van der Waals surface area contributed by atoms with Gasteiger partial charge in [-0.2, -0.15) is 0 Å². The normalized spacial score (nSPS) is 10.2. The predicted octanol–water partition coefficient (Wildman–Crippen LogP) is 3.76. The van der Waals surface area contributed by atoms with Crippen LogP contribution in [0.4, 0.5) is 5.69 Å². The Bertz CT molecular complexity index is 596. The fourth-order valence-electron chi connectivity index (χ4n) is 1.95. The van der Waals surface area contributed by atoms with Crippen LogP contribution in [-0.4, -0.2) is 24.9 Å². The molecule has 2 rings (SSSR count). The first-order chi connectivity index (χ1) is 9.61. The molecule has 1 amide bonds. The van der Waals surface area contributed by atoms with Crippen LogP contribution in [0.2, 0.25) is 0 Å². The third-order valence-corrected chi connectivity index (χ3v) is 3.91. The Balaban J connectivity index is 2.10. The molecule has 0 saturated heterocycles. The Morgan fingerprint density at radius 1 is 1.15 bits per heavy atom. The summed E-state index contributed by atoms with van der Waals surface area (Å²) in [7, 11) is 3.67. The van der Waals surface area contributed by atoms with Gasteiger partial charge < -0.3 is 10.2 Å². The van der Waals surface area contributed by atoms with Gasteiger partial charge in [0.2, 0.25) is 0 Å². The Labute approximate surface area is 127 Å². The van der Waals surface area contributed by atoms with Crippen LogP contribution in [0.5, 0.6) is 0 Å². The maximum atomic E-state index is 12.4. The number of anilines is 1. The molecule has 0 bridgehead atoms. The number of rotatable bonds is 4. The van der Waals surface area contributed by atoms with Crippen molar-refractivity contribution in [2.24, 2.45) is 0 Å². The minimum absolute atomic E-state index is 0.0170. The van der Waals surface area contributed by atoms with Crippen LogP contribution in [0.1, 0.15) is 15.9 Å². The van der Waals surface area contributed by atoms with Crippen molar-refractivity contribution in [2.75, 3.05) is 19.4 Å². The highest BCUT2D eigenvalue weighted by Crippen LogP contribution is 2.18. The van der Waals surface area contributed by atoms with E-state index in [2.05, 4.69) is 21.2 Å². The van der Waals surface area contributed by atoms with E-state index in [4.69, 9.17) is 0 Å². The second kappa shape index (κ2) is 6.57. The number of amides is 1. The number of hydrogen-bond donors (Lipinski definition) is 1. The maximum absolute atomic E-state index is 12.4. The Morgan fingerprint density at radius 3 is 2.40 bits per heavy atom. The minimum atomic E-state index is 0.0170. The van der Waals surface area contributed by atoms with Crippen molar-refractivity contribution in [1.29, 1.82) is 0 Å². The number of halogens is 1. The Morgan fingerprint density at radius 2 is 1.80 bits per heavy atom. The van der Waals surface area contributed by atoms with Crippen molar-refractivity contribution in [2.45, 2.75) is 6.54 Å². The highest BCUT2D eigenvalue weighted by molar-refractivity contribution is 9.10. The van der Waals surface area contributed by atoms with E-state index in [0.717, 1.165) is 15.7 Å². The number of carbonyl (C=O) groups excluding carboxylic acids is 1. The summed E-state index contributed by atoms with van der Waals surface area (Å²) in [4.78, 5) is 14.1. The number of nitrogens with zero attached hydrogens (tertiary/aromatic N) is 1. The van der Waals surface area contributed by atoms with Crippen molar-refractivity contribution >= 4 is 27.5 Å². The third-order valence-electron chi connectivity index (χ3n) is 3.13. The van der Waals surface area contributed by atoms with Crippen molar-refractivity contribution in [3.05, 3.63) is 64.1 Å². The van der Waals surface area contributed by atoms with Gasteiger partial charge in [-0.25, -0.2) is 0 Å². The van der Waals surface area contributed by atoms with E-state index in [0.29, 0.717) is 12.1 Å². The van der Waals surface area contributed by atoms with Gasteiger partial charge in [0.15, 0.2) is 0 Å². The van der Waals surface area contributed by atoms with Crippen LogP contribution >= 0.6 is 15.9 Å². The minimum Gasteiger partial charge on any atom is -0.388 e. The van der Waals surface area contributed by atoms with Crippen LogP contribution in [0, 0.1) is 0 Å². The van der Waals surface area contributed by atoms with Gasteiger partial charge in [0, 0.05) is 36.4 Å². The van der Waals surface area contributed by atoms with Gasteiger partial charge in [-0.05, 0) is 35.9 Å². The van der Waals surface area contributed by atoms with Gasteiger partial charge in [0.25, 0.3) is 5.91 Å². The highest BCUT2D eigenvalue weighted by atomic mass is 79.9. The first-order valence-electron chi connectivity index (χ1n) is 6.38. The first kappa shape index (κ1) is 14.6. The molecular weight excluding hydrogens is 316 g/mol. The smallest absolute Gasteiger partial charge is 0.253 e.